The van der Waals surface area contributed by atoms with Crippen molar-refractivity contribution in [3.63, 3.8) is 0 Å². The van der Waals surface area contributed by atoms with Gasteiger partial charge >= 0.3 is 7.82 Å². The van der Waals surface area contributed by atoms with Crippen molar-refractivity contribution in [1.29, 1.82) is 0 Å². The van der Waals surface area contributed by atoms with Gasteiger partial charge in [-0.2, -0.15) is 0 Å². The van der Waals surface area contributed by atoms with E-state index in [2.05, 4.69) is 6.92 Å². The Kier molecular flexibility index (Phi) is 13.7. The van der Waals surface area contributed by atoms with Crippen LogP contribution in [0.1, 0.15) is 91.7 Å². The van der Waals surface area contributed by atoms with Crippen LogP contribution >= 0.6 is 7.82 Å². The third kappa shape index (κ3) is 9.15. The predicted molar refractivity (Wildman–Crippen MR) is 217 cm³/mol. The van der Waals surface area contributed by atoms with Crippen molar-refractivity contribution < 1.29 is 18.1 Å². The Morgan fingerprint density at radius 3 is 0.887 bits per heavy atom. The quantitative estimate of drug-likeness (QED) is 0.0447. The van der Waals surface area contributed by atoms with Gasteiger partial charge in [-0.1, -0.05) is 234 Å². The largest absolute Gasteiger partial charge is 0.477 e. The van der Waals surface area contributed by atoms with Gasteiger partial charge in [0, 0.05) is 0 Å². The van der Waals surface area contributed by atoms with Crippen molar-refractivity contribution in [3.05, 3.63) is 215 Å². The fourth-order valence-corrected chi connectivity index (χ4v) is 8.97. The van der Waals surface area contributed by atoms with Gasteiger partial charge in [-0.15, -0.1) is 0 Å². The van der Waals surface area contributed by atoms with Crippen molar-refractivity contribution in [3.8, 4) is 0 Å². The summed E-state index contributed by atoms with van der Waals surface area (Å²) in [7, 11) is -4.53. The highest BCUT2D eigenvalue weighted by Crippen LogP contribution is 2.64. The van der Waals surface area contributed by atoms with E-state index in [0.717, 1.165) is 52.6 Å². The first-order chi connectivity index (χ1) is 26.1. The topological polar surface area (TPSA) is 44.8 Å². The highest BCUT2D eigenvalue weighted by molar-refractivity contribution is 7.48. The number of unbranched alkanes of at least 4 members (excludes halogenated alkanes) is 7. The average Bonchev–Trinajstić information content (AvgIpc) is 3.23. The van der Waals surface area contributed by atoms with Crippen LogP contribution in [0.2, 0.25) is 0 Å². The average molecular weight is 723 g/mol. The Morgan fingerprint density at radius 1 is 0.377 bits per heavy atom. The number of benzene rings is 6. The van der Waals surface area contributed by atoms with Crippen LogP contribution in [0, 0.1) is 0 Å². The molecule has 5 heteroatoms. The maximum absolute atomic E-state index is 16.2. The first-order valence-electron chi connectivity index (χ1n) is 19.1. The molecular formula is C48H51O4P. The van der Waals surface area contributed by atoms with E-state index in [4.69, 9.17) is 13.6 Å². The molecule has 0 atom stereocenters. The van der Waals surface area contributed by atoms with Crippen molar-refractivity contribution in [2.75, 3.05) is 6.61 Å². The van der Waals surface area contributed by atoms with Crippen LogP contribution in [0.5, 0.6) is 0 Å². The number of hydrogen-bond acceptors (Lipinski definition) is 4. The summed E-state index contributed by atoms with van der Waals surface area (Å²) in [6.45, 7) is 2.46. The standard InChI is InChI=1S/C48H51O4P/c1-2-3-4-5-6-7-8-27-40-50-53(49,51-47(41-28-15-9-16-29-41,42-30-17-10-18-31-42)43-32-19-11-20-33-43)52-48(44-34-21-12-22-35-44,45-36-23-13-24-37-45)46-38-25-14-26-39-46/h9-26,28-39H,2-8,27,40H2,1H3. The minimum Gasteiger partial charge on any atom is -0.287 e. The summed E-state index contributed by atoms with van der Waals surface area (Å²) in [6.07, 6.45) is 9.00. The lowest BCUT2D eigenvalue weighted by molar-refractivity contribution is 0.0162. The molecule has 0 N–H and O–H groups in total. The minimum absolute atomic E-state index is 0.217. The number of phosphoric ester groups is 1. The van der Waals surface area contributed by atoms with Gasteiger partial charge in [-0.3, -0.25) is 13.6 Å². The Bertz CT molecular complexity index is 1630. The lowest BCUT2D eigenvalue weighted by Gasteiger charge is -2.42. The second-order valence-corrected chi connectivity index (χ2v) is 15.0. The Labute approximate surface area is 316 Å². The summed E-state index contributed by atoms with van der Waals surface area (Å²) in [5.74, 6) is 0. The lowest BCUT2D eigenvalue weighted by atomic mass is 9.80. The molecule has 6 aromatic rings. The van der Waals surface area contributed by atoms with E-state index in [1.54, 1.807) is 0 Å². The molecule has 272 valence electrons. The molecular weight excluding hydrogens is 671 g/mol. The summed E-state index contributed by atoms with van der Waals surface area (Å²) in [4.78, 5) is 0. The third-order valence-corrected chi connectivity index (χ3v) is 11.3. The van der Waals surface area contributed by atoms with Crippen LogP contribution in [-0.2, 0) is 29.3 Å². The zero-order valence-corrected chi connectivity index (χ0v) is 31.7. The molecule has 0 aliphatic carbocycles. The predicted octanol–water partition coefficient (Wildman–Crippen LogP) is 13.3. The highest BCUT2D eigenvalue weighted by atomic mass is 31.2. The van der Waals surface area contributed by atoms with Gasteiger partial charge in [-0.25, -0.2) is 4.57 Å². The highest BCUT2D eigenvalue weighted by Gasteiger charge is 2.51. The van der Waals surface area contributed by atoms with Crippen LogP contribution in [0.25, 0.3) is 0 Å². The molecule has 53 heavy (non-hydrogen) atoms. The van der Waals surface area contributed by atoms with Crippen molar-refractivity contribution in [1.82, 2.24) is 0 Å². The van der Waals surface area contributed by atoms with Gasteiger partial charge in [0.15, 0.2) is 11.2 Å². The molecule has 0 aliphatic heterocycles. The van der Waals surface area contributed by atoms with Crippen LogP contribution in [0.15, 0.2) is 182 Å². The van der Waals surface area contributed by atoms with E-state index in [9.17, 15) is 0 Å². The smallest absolute Gasteiger partial charge is 0.287 e. The molecule has 0 spiro atoms. The van der Waals surface area contributed by atoms with Crippen LogP contribution in [-0.4, -0.2) is 6.61 Å². The Hall–Kier alpha value is -4.57. The molecule has 0 unspecified atom stereocenters. The number of rotatable bonds is 20. The minimum atomic E-state index is -4.53. The van der Waals surface area contributed by atoms with Crippen molar-refractivity contribution >= 4 is 7.82 Å². The van der Waals surface area contributed by atoms with Gasteiger partial charge < -0.3 is 0 Å². The van der Waals surface area contributed by atoms with Crippen LogP contribution in [0.3, 0.4) is 0 Å². The van der Waals surface area contributed by atoms with Gasteiger partial charge in [0.1, 0.15) is 0 Å². The first kappa shape index (κ1) is 38.2. The number of phosphoric acid groups is 1. The van der Waals surface area contributed by atoms with Crippen LogP contribution < -0.4 is 0 Å². The van der Waals surface area contributed by atoms with E-state index < -0.39 is 19.0 Å². The maximum atomic E-state index is 16.2. The summed E-state index contributed by atoms with van der Waals surface area (Å²) >= 11 is 0. The van der Waals surface area contributed by atoms with E-state index in [1.165, 1.54) is 32.1 Å². The molecule has 0 saturated heterocycles. The second kappa shape index (κ2) is 19.0. The normalized spacial score (nSPS) is 12.1. The molecule has 6 aromatic carbocycles. The Morgan fingerprint density at radius 2 is 0.623 bits per heavy atom. The first-order valence-corrected chi connectivity index (χ1v) is 20.6. The summed E-state index contributed by atoms with van der Waals surface area (Å²) in [6, 6.07) is 59.8. The fraction of sp³-hybridized carbons (Fsp3) is 0.250. The third-order valence-electron chi connectivity index (χ3n) is 9.83. The molecule has 0 amide bonds. The van der Waals surface area contributed by atoms with Crippen molar-refractivity contribution in [2.24, 2.45) is 0 Å². The monoisotopic (exact) mass is 722 g/mol. The molecule has 0 aromatic heterocycles. The van der Waals surface area contributed by atoms with E-state index in [1.807, 2.05) is 182 Å². The SMILES string of the molecule is CCCCCCCCCCOP(=O)(OC(c1ccccc1)(c1ccccc1)c1ccccc1)OC(c1ccccc1)(c1ccccc1)c1ccccc1. The van der Waals surface area contributed by atoms with E-state index >= 15 is 4.57 Å². The Balaban J connectivity index is 1.51. The summed E-state index contributed by atoms with van der Waals surface area (Å²) in [5.41, 5.74) is 2.14. The van der Waals surface area contributed by atoms with Gasteiger partial charge in [0.25, 0.3) is 0 Å². The maximum Gasteiger partial charge on any atom is 0.477 e. The molecule has 0 radical (unpaired) electrons. The second-order valence-electron chi connectivity index (χ2n) is 13.5. The summed E-state index contributed by atoms with van der Waals surface area (Å²) < 4.78 is 37.4. The molecule has 6 rings (SSSR count). The van der Waals surface area contributed by atoms with Gasteiger partial charge in [0.05, 0.1) is 6.61 Å². The zero-order chi connectivity index (χ0) is 36.7. The molecule has 0 saturated carbocycles. The lowest BCUT2D eigenvalue weighted by Crippen LogP contribution is -2.36. The van der Waals surface area contributed by atoms with Crippen molar-refractivity contribution in [2.45, 2.75) is 69.5 Å². The van der Waals surface area contributed by atoms with Gasteiger partial charge in [0.2, 0.25) is 0 Å². The van der Waals surface area contributed by atoms with E-state index in [-0.39, 0.29) is 6.61 Å². The summed E-state index contributed by atoms with van der Waals surface area (Å²) in [5, 5.41) is 0. The molecule has 0 fully saturated rings. The van der Waals surface area contributed by atoms with E-state index in [0.29, 0.717) is 0 Å². The molecule has 0 bridgehead atoms. The molecule has 0 heterocycles. The zero-order valence-electron chi connectivity index (χ0n) is 30.8. The fourth-order valence-electron chi connectivity index (χ4n) is 7.17. The number of hydrogen-bond donors (Lipinski definition) is 0. The molecule has 4 nitrogen and oxygen atoms in total. The van der Waals surface area contributed by atoms with Crippen LogP contribution in [0.4, 0.5) is 0 Å². The van der Waals surface area contributed by atoms with Gasteiger partial charge in [-0.05, 0) is 39.8 Å². The molecule has 0 aliphatic rings.